The maximum atomic E-state index is 16.0. The molecule has 4 aliphatic rings. The van der Waals surface area contributed by atoms with Crippen molar-refractivity contribution in [3.05, 3.63) is 89.0 Å². The van der Waals surface area contributed by atoms with Gasteiger partial charge in [-0.15, -0.1) is 5.10 Å². The van der Waals surface area contributed by atoms with Gasteiger partial charge in [-0.05, 0) is 61.8 Å². The number of nitrogens with one attached hydrogen (secondary N) is 1. The number of fused-ring (bicyclic) bond motifs is 5. The Morgan fingerprint density at radius 2 is 1.83 bits per heavy atom. The topological polar surface area (TPSA) is 144 Å². The highest BCUT2D eigenvalue weighted by Gasteiger charge is 2.41. The van der Waals surface area contributed by atoms with Gasteiger partial charge in [0.1, 0.15) is 6.10 Å². The van der Waals surface area contributed by atoms with Gasteiger partial charge in [0.05, 0.1) is 50.9 Å². The number of halogens is 1. The van der Waals surface area contributed by atoms with Crippen LogP contribution in [-0.4, -0.2) is 67.2 Å². The van der Waals surface area contributed by atoms with Gasteiger partial charge in [0.15, 0.2) is 5.65 Å². The Bertz CT molecular complexity index is 2550. The van der Waals surface area contributed by atoms with Crippen LogP contribution in [0.4, 0.5) is 9.18 Å². The van der Waals surface area contributed by atoms with E-state index in [0.29, 0.717) is 59.8 Å². The summed E-state index contributed by atoms with van der Waals surface area (Å²) in [4.78, 5) is 32.0. The third-order valence-electron chi connectivity index (χ3n) is 10.4. The van der Waals surface area contributed by atoms with Crippen LogP contribution in [0.2, 0.25) is 0 Å². The number of nitrogens with zero attached hydrogens (tertiary/aromatic N) is 6. The summed E-state index contributed by atoms with van der Waals surface area (Å²) >= 11 is 0. The Morgan fingerprint density at radius 3 is 2.54 bits per heavy atom. The third-order valence-corrected chi connectivity index (χ3v) is 12.1. The monoisotopic (exact) mass is 725 g/mol. The first-order valence-electron chi connectivity index (χ1n) is 17.4. The Balaban J connectivity index is 1.38. The second-order valence-electron chi connectivity index (χ2n) is 13.9. The zero-order valence-corrected chi connectivity index (χ0v) is 29.3. The fraction of sp³-hybridized carbons (Fsp3) is 0.351. The van der Waals surface area contributed by atoms with Crippen LogP contribution in [0.3, 0.4) is 0 Å². The number of imidazole rings is 1. The van der Waals surface area contributed by atoms with Crippen LogP contribution in [0.5, 0.6) is 0 Å². The highest BCUT2D eigenvalue weighted by molar-refractivity contribution is 7.90. The molecule has 268 valence electrons. The van der Waals surface area contributed by atoms with Crippen LogP contribution in [0.15, 0.2) is 76.7 Å². The number of ether oxygens (including phenoxy) is 2. The minimum atomic E-state index is -4.41. The van der Waals surface area contributed by atoms with E-state index in [1.807, 2.05) is 24.3 Å². The predicted octanol–water partition coefficient (Wildman–Crippen LogP) is 5.06. The molecule has 2 aliphatic heterocycles. The van der Waals surface area contributed by atoms with Crippen molar-refractivity contribution in [1.82, 2.24) is 33.2 Å². The van der Waals surface area contributed by atoms with Gasteiger partial charge in [-0.3, -0.25) is 13.8 Å². The molecule has 2 saturated carbocycles. The number of benzene rings is 2. The van der Waals surface area contributed by atoms with Crippen LogP contribution in [0.25, 0.3) is 44.5 Å². The minimum Gasteiger partial charge on any atom is -0.446 e. The number of amides is 1. The molecule has 0 spiro atoms. The molecule has 0 saturated heterocycles. The number of aryl methyl sites for hydroxylation is 3. The first kappa shape index (κ1) is 32.6. The van der Waals surface area contributed by atoms with Gasteiger partial charge in [0, 0.05) is 38.5 Å². The summed E-state index contributed by atoms with van der Waals surface area (Å²) in [7, 11) is -1.20. The molecule has 2 fully saturated rings. The van der Waals surface area contributed by atoms with Gasteiger partial charge in [0.25, 0.3) is 10.0 Å². The molecule has 2 aliphatic carbocycles. The normalized spacial score (nSPS) is 20.4. The van der Waals surface area contributed by atoms with Crippen LogP contribution in [0.1, 0.15) is 43.7 Å². The smallest absolute Gasteiger partial charge is 0.407 e. The minimum absolute atomic E-state index is 0.0170. The Morgan fingerprint density at radius 1 is 1.06 bits per heavy atom. The summed E-state index contributed by atoms with van der Waals surface area (Å²) < 4.78 is 63.0. The molecule has 0 unspecified atom stereocenters. The molecule has 4 bridgehead atoms. The Hall–Kier alpha value is -5.28. The maximum Gasteiger partial charge on any atom is 0.407 e. The van der Waals surface area contributed by atoms with Crippen molar-refractivity contribution >= 4 is 38.2 Å². The Labute approximate surface area is 297 Å². The number of aromatic nitrogens is 6. The summed E-state index contributed by atoms with van der Waals surface area (Å²) in [6.07, 6.45) is 5.80. The lowest BCUT2D eigenvalue weighted by molar-refractivity contribution is 0.0349. The molecule has 4 aromatic heterocycles. The largest absolute Gasteiger partial charge is 0.446 e. The van der Waals surface area contributed by atoms with E-state index < -0.39 is 40.3 Å². The first-order valence-corrected chi connectivity index (χ1v) is 18.9. The molecule has 15 heteroatoms. The van der Waals surface area contributed by atoms with Gasteiger partial charge in [0.2, 0.25) is 5.95 Å². The van der Waals surface area contributed by atoms with E-state index in [2.05, 4.69) is 10.4 Å². The van der Waals surface area contributed by atoms with Crippen molar-refractivity contribution in [2.24, 2.45) is 14.1 Å². The van der Waals surface area contributed by atoms with Crippen molar-refractivity contribution in [3.63, 3.8) is 0 Å². The van der Waals surface area contributed by atoms with Gasteiger partial charge in [-0.2, -0.15) is 4.39 Å². The van der Waals surface area contributed by atoms with Crippen LogP contribution in [-0.2, 0) is 40.0 Å². The first-order chi connectivity index (χ1) is 25.1. The SMILES string of the molecule is Cn1cc(-c2c3c4c(ncc5c4n(c(=O)n5C)[C@H]4C[C@H](NC(=O)OC5CC5)[C@@H](C4)OCCCc4ccc-3cc4)n2S(=O)(=O)c2ccccc2)c(F)n1. The summed E-state index contributed by atoms with van der Waals surface area (Å²) in [5.41, 5.74) is 2.65. The number of alkyl carbamates (subject to hydrolysis) is 1. The highest BCUT2D eigenvalue weighted by Crippen LogP contribution is 2.46. The molecule has 3 atom stereocenters. The molecular weight excluding hydrogens is 690 g/mol. The number of hydrogen-bond donors (Lipinski definition) is 1. The average molecular weight is 726 g/mol. The number of carbonyl (C=O) groups excluding carboxylic acids is 1. The molecule has 52 heavy (non-hydrogen) atoms. The van der Waals surface area contributed by atoms with Crippen molar-refractivity contribution in [2.75, 3.05) is 6.61 Å². The van der Waals surface area contributed by atoms with Crippen LogP contribution in [0, 0.1) is 5.95 Å². The summed E-state index contributed by atoms with van der Waals surface area (Å²) in [6.45, 7) is 0.445. The summed E-state index contributed by atoms with van der Waals surface area (Å²) in [5, 5.41) is 7.34. The van der Waals surface area contributed by atoms with E-state index in [-0.39, 0.29) is 33.6 Å². The Kier molecular flexibility index (Phi) is 7.63. The lowest BCUT2D eigenvalue weighted by Gasteiger charge is -2.21. The molecule has 0 radical (unpaired) electrons. The molecule has 2 aromatic carbocycles. The molecule has 6 heterocycles. The van der Waals surface area contributed by atoms with E-state index in [4.69, 9.17) is 14.5 Å². The van der Waals surface area contributed by atoms with E-state index >= 15 is 4.39 Å². The molecule has 6 aromatic rings. The molecular formula is C37H36FN7O6S. The quantitative estimate of drug-likeness (QED) is 0.260. The lowest BCUT2D eigenvalue weighted by Crippen LogP contribution is -2.41. The highest BCUT2D eigenvalue weighted by atomic mass is 32.2. The fourth-order valence-electron chi connectivity index (χ4n) is 7.85. The number of carbonyl (C=O) groups is 1. The van der Waals surface area contributed by atoms with Crippen molar-refractivity contribution in [2.45, 2.75) is 67.7 Å². The third kappa shape index (κ3) is 5.24. The second-order valence-corrected chi connectivity index (χ2v) is 15.7. The van der Waals surface area contributed by atoms with E-state index in [1.165, 1.54) is 33.8 Å². The van der Waals surface area contributed by atoms with Gasteiger partial charge in [-0.25, -0.2) is 27.0 Å². The average Bonchev–Trinajstić information content (AvgIpc) is 3.48. The van der Waals surface area contributed by atoms with Crippen molar-refractivity contribution in [3.8, 4) is 22.4 Å². The number of hydrogen-bond acceptors (Lipinski definition) is 8. The lowest BCUT2D eigenvalue weighted by atomic mass is 9.97. The standard InChI is InChI=1S/C37H36FN7O6S/c1-42-20-26(34(38)41-42)32-30-22-12-10-21(11-13-22)7-6-16-50-29-18-23(17-27(29)40-36(46)51-24-14-15-24)44-33-28(43(2)37(44)47)19-39-35(31(30)33)45(32)52(48,49)25-8-4-3-5-9-25/h3-5,8-13,19-20,23-24,27,29H,6-7,14-18H2,1-2H3,(H,40,46)/t23-,27-,29+/m0/s1. The summed E-state index contributed by atoms with van der Waals surface area (Å²) in [5.74, 6) is -0.858. The van der Waals surface area contributed by atoms with Gasteiger partial charge < -0.3 is 14.8 Å². The fourth-order valence-corrected chi connectivity index (χ4v) is 9.36. The second kappa shape index (κ2) is 12.2. The van der Waals surface area contributed by atoms with E-state index in [1.54, 1.807) is 36.9 Å². The zero-order valence-electron chi connectivity index (χ0n) is 28.5. The van der Waals surface area contributed by atoms with E-state index in [0.717, 1.165) is 22.4 Å². The van der Waals surface area contributed by atoms with E-state index in [9.17, 15) is 18.0 Å². The predicted molar refractivity (Wildman–Crippen MR) is 190 cm³/mol. The van der Waals surface area contributed by atoms with Gasteiger partial charge >= 0.3 is 11.8 Å². The van der Waals surface area contributed by atoms with Crippen LogP contribution >= 0.6 is 0 Å². The summed E-state index contributed by atoms with van der Waals surface area (Å²) in [6, 6.07) is 14.7. The van der Waals surface area contributed by atoms with Crippen LogP contribution < -0.4 is 11.0 Å². The van der Waals surface area contributed by atoms with Gasteiger partial charge in [-0.1, -0.05) is 42.5 Å². The molecule has 1 amide bonds. The molecule has 13 nitrogen and oxygen atoms in total. The number of rotatable bonds is 5. The maximum absolute atomic E-state index is 16.0. The zero-order chi connectivity index (χ0) is 35.9. The van der Waals surface area contributed by atoms with Crippen molar-refractivity contribution < 1.29 is 27.1 Å². The van der Waals surface area contributed by atoms with Crippen molar-refractivity contribution in [1.29, 1.82) is 0 Å². The number of pyridine rings is 1. The molecule has 10 rings (SSSR count). The molecule has 1 N–H and O–H groups in total.